The minimum atomic E-state index is -4.32. The number of benzene rings is 2. The van der Waals surface area contributed by atoms with Crippen molar-refractivity contribution in [3.05, 3.63) is 87.0 Å². The first-order valence-electron chi connectivity index (χ1n) is 15.2. The summed E-state index contributed by atoms with van der Waals surface area (Å²) in [6.07, 6.45) is 2.26. The zero-order valence-corrected chi connectivity index (χ0v) is 32.9. The number of nitrogens with one attached hydrogen (secondary N) is 2. The highest BCUT2D eigenvalue weighted by Crippen LogP contribution is 2.33. The van der Waals surface area contributed by atoms with Gasteiger partial charge in [0.1, 0.15) is 41.7 Å². The zero-order chi connectivity index (χ0) is 38.7. The van der Waals surface area contributed by atoms with Crippen LogP contribution in [0.5, 0.6) is 0 Å². The van der Waals surface area contributed by atoms with Crippen molar-refractivity contribution in [3.8, 4) is 0 Å². The minimum Gasteiger partial charge on any atom is -0.309 e. The molecule has 11 nitrogen and oxygen atoms in total. The molecule has 0 aliphatic rings. The Labute approximate surface area is 310 Å². The number of pyridine rings is 1. The van der Waals surface area contributed by atoms with Crippen molar-refractivity contribution in [2.24, 2.45) is 0 Å². The van der Waals surface area contributed by atoms with E-state index in [-0.39, 0.29) is 26.4 Å². The highest BCUT2D eigenvalue weighted by Gasteiger charge is 2.45. The van der Waals surface area contributed by atoms with Crippen molar-refractivity contribution in [1.82, 2.24) is 15.2 Å². The van der Waals surface area contributed by atoms with Crippen molar-refractivity contribution in [2.75, 3.05) is 10.6 Å². The van der Waals surface area contributed by atoms with Crippen LogP contribution in [0.4, 0.5) is 19.7 Å². The standard InChI is InChI=1S/C17H18ClFN2O3S.C16H19ClFN3O3S2/c1-4-11-7-8-20-15(9-11)21-16(22)17(2,3)25(23,24)14-6-5-12(18)10-13(14)19;1-15(2,3)13-20-21-14(25-13)19-12(22)16(4,5)26(23,24)11-7-6-9(17)8-10(11)18/h5-10H,4H2,1-3H3,(H,20,21,22);6-8H,1-5H3,(H,19,21,22). The number of carbonyl (C=O) groups is 2. The van der Waals surface area contributed by atoms with Gasteiger partial charge in [0.15, 0.2) is 19.7 Å². The van der Waals surface area contributed by atoms with E-state index in [0.717, 1.165) is 47.6 Å². The SMILES string of the molecule is CC(C)(C)c1nnc(NC(=O)C(C)(C)S(=O)(=O)c2ccc(Cl)cc2F)s1.CCc1ccnc(NC(=O)C(C)(C)S(=O)(=O)c2ccc(Cl)cc2F)c1. The van der Waals surface area contributed by atoms with Crippen molar-refractivity contribution in [1.29, 1.82) is 0 Å². The number of amides is 2. The Hall–Kier alpha value is -3.57. The molecule has 2 aromatic heterocycles. The van der Waals surface area contributed by atoms with E-state index in [9.17, 15) is 35.2 Å². The van der Waals surface area contributed by atoms with Crippen LogP contribution in [-0.4, -0.2) is 53.3 Å². The van der Waals surface area contributed by atoms with Crippen molar-refractivity contribution >= 4 is 77.0 Å². The molecule has 2 aromatic carbocycles. The molecule has 0 aliphatic heterocycles. The number of hydrogen-bond acceptors (Lipinski definition) is 10. The number of aryl methyl sites for hydroxylation is 1. The van der Waals surface area contributed by atoms with Gasteiger partial charge >= 0.3 is 0 Å². The number of carbonyl (C=O) groups excluding carboxylic acids is 2. The Balaban J connectivity index is 0.000000276. The summed E-state index contributed by atoms with van der Waals surface area (Å²) in [4.78, 5) is 28.0. The molecule has 4 aromatic rings. The smallest absolute Gasteiger partial charge is 0.247 e. The number of aromatic nitrogens is 3. The monoisotopic (exact) mass is 803 g/mol. The summed E-state index contributed by atoms with van der Waals surface area (Å²) in [6.45, 7) is 12.6. The predicted octanol–water partition coefficient (Wildman–Crippen LogP) is 7.45. The summed E-state index contributed by atoms with van der Waals surface area (Å²) in [6, 6.07) is 9.86. The second-order valence-electron chi connectivity index (χ2n) is 13.2. The largest absolute Gasteiger partial charge is 0.309 e. The third-order valence-electron chi connectivity index (χ3n) is 7.57. The Morgan fingerprint density at radius 3 is 1.63 bits per heavy atom. The minimum absolute atomic E-state index is 0.0623. The molecule has 0 unspecified atom stereocenters. The predicted molar refractivity (Wildman–Crippen MR) is 195 cm³/mol. The average molecular weight is 805 g/mol. The van der Waals surface area contributed by atoms with Crippen LogP contribution in [0.3, 0.4) is 0 Å². The second-order valence-corrected chi connectivity index (χ2v) is 19.9. The molecule has 0 radical (unpaired) electrons. The third-order valence-corrected chi connectivity index (χ3v) is 14.2. The zero-order valence-electron chi connectivity index (χ0n) is 28.9. The fourth-order valence-corrected chi connectivity index (χ4v) is 7.96. The molecule has 2 N–H and O–H groups in total. The Kier molecular flexibility index (Phi) is 12.8. The summed E-state index contributed by atoms with van der Waals surface area (Å²) >= 11 is 12.5. The Morgan fingerprint density at radius 2 is 1.22 bits per heavy atom. The van der Waals surface area contributed by atoms with E-state index in [1.54, 1.807) is 12.1 Å². The van der Waals surface area contributed by atoms with Crippen LogP contribution in [0.25, 0.3) is 0 Å². The highest BCUT2D eigenvalue weighted by atomic mass is 35.5. The number of anilines is 2. The molecule has 0 saturated carbocycles. The lowest BCUT2D eigenvalue weighted by molar-refractivity contribution is -0.118. The van der Waals surface area contributed by atoms with E-state index in [1.165, 1.54) is 46.0 Å². The average Bonchev–Trinajstić information content (AvgIpc) is 3.50. The summed E-state index contributed by atoms with van der Waals surface area (Å²) in [5, 5.41) is 13.8. The fourth-order valence-electron chi connectivity index (χ4n) is 4.03. The van der Waals surface area contributed by atoms with Gasteiger partial charge in [-0.2, -0.15) is 0 Å². The number of sulfone groups is 2. The van der Waals surface area contributed by atoms with E-state index in [1.807, 2.05) is 27.7 Å². The van der Waals surface area contributed by atoms with E-state index in [2.05, 4.69) is 25.8 Å². The summed E-state index contributed by atoms with van der Waals surface area (Å²) in [5.41, 5.74) is 0.684. The number of rotatable bonds is 9. The number of halogens is 4. The maximum atomic E-state index is 14.1. The molecular weight excluding hydrogens is 767 g/mol. The molecule has 0 bridgehead atoms. The molecule has 18 heteroatoms. The summed E-state index contributed by atoms with van der Waals surface area (Å²) in [7, 11) is -8.61. The quantitative estimate of drug-likeness (QED) is 0.175. The van der Waals surface area contributed by atoms with Gasteiger partial charge in [0.05, 0.1) is 0 Å². The van der Waals surface area contributed by atoms with E-state index >= 15 is 0 Å². The summed E-state index contributed by atoms with van der Waals surface area (Å²) < 4.78 is 75.5. The lowest BCUT2D eigenvalue weighted by atomic mass is 9.98. The van der Waals surface area contributed by atoms with E-state index in [4.69, 9.17) is 23.2 Å². The molecule has 276 valence electrons. The molecule has 0 atom stereocenters. The van der Waals surface area contributed by atoms with Gasteiger partial charge in [-0.1, -0.05) is 62.2 Å². The van der Waals surface area contributed by atoms with Gasteiger partial charge in [-0.15, -0.1) is 10.2 Å². The fraction of sp³-hybridized carbons (Fsp3) is 0.364. The Morgan fingerprint density at radius 1 is 0.745 bits per heavy atom. The molecule has 2 heterocycles. The molecule has 0 spiro atoms. The molecule has 0 saturated heterocycles. The van der Waals surface area contributed by atoms with Crippen LogP contribution in [0, 0.1) is 11.6 Å². The maximum absolute atomic E-state index is 14.1. The molecule has 51 heavy (non-hydrogen) atoms. The van der Waals surface area contributed by atoms with Crippen LogP contribution < -0.4 is 10.6 Å². The van der Waals surface area contributed by atoms with Crippen LogP contribution in [-0.2, 0) is 41.1 Å². The van der Waals surface area contributed by atoms with Crippen molar-refractivity contribution < 1.29 is 35.2 Å². The molecule has 0 fully saturated rings. The van der Waals surface area contributed by atoms with E-state index in [0.29, 0.717) is 5.01 Å². The normalized spacial score (nSPS) is 12.5. The van der Waals surface area contributed by atoms with Gasteiger partial charge < -0.3 is 5.32 Å². The molecule has 0 aliphatic carbocycles. The number of nitrogens with zero attached hydrogens (tertiary/aromatic N) is 3. The lowest BCUT2D eigenvalue weighted by Gasteiger charge is -2.24. The first kappa shape index (κ1) is 41.8. The maximum Gasteiger partial charge on any atom is 0.247 e. The molecule has 4 rings (SSSR count). The van der Waals surface area contributed by atoms with Crippen LogP contribution in [0.2, 0.25) is 10.0 Å². The van der Waals surface area contributed by atoms with Crippen LogP contribution in [0.15, 0.2) is 64.5 Å². The van der Waals surface area contributed by atoms with Crippen LogP contribution in [0.1, 0.15) is 66.0 Å². The van der Waals surface area contributed by atoms with Gasteiger partial charge in [0, 0.05) is 21.7 Å². The highest BCUT2D eigenvalue weighted by molar-refractivity contribution is 7.94. The van der Waals surface area contributed by atoms with Crippen LogP contribution >= 0.6 is 34.5 Å². The van der Waals surface area contributed by atoms with Gasteiger partial charge in [0.25, 0.3) is 0 Å². The van der Waals surface area contributed by atoms with Crippen molar-refractivity contribution in [3.63, 3.8) is 0 Å². The van der Waals surface area contributed by atoms with Crippen molar-refractivity contribution in [2.45, 2.75) is 86.5 Å². The third kappa shape index (κ3) is 9.27. The van der Waals surface area contributed by atoms with Gasteiger partial charge in [-0.05, 0) is 88.2 Å². The Bertz CT molecular complexity index is 2170. The second kappa shape index (κ2) is 15.6. The molecular formula is C33H37Cl2F2N5O6S3. The lowest BCUT2D eigenvalue weighted by Crippen LogP contribution is -2.44. The van der Waals surface area contributed by atoms with Gasteiger partial charge in [-0.25, -0.2) is 30.6 Å². The van der Waals surface area contributed by atoms with Gasteiger partial charge in [0.2, 0.25) is 16.9 Å². The first-order valence-corrected chi connectivity index (χ1v) is 19.7. The van der Waals surface area contributed by atoms with E-state index < -0.39 is 62.4 Å². The number of hydrogen-bond donors (Lipinski definition) is 2. The molecule has 2 amide bonds. The first-order chi connectivity index (χ1) is 23.4. The van der Waals surface area contributed by atoms with Gasteiger partial charge in [-0.3, -0.25) is 14.9 Å². The summed E-state index contributed by atoms with van der Waals surface area (Å²) in [5.74, 6) is -3.40. The topological polar surface area (TPSA) is 165 Å².